The van der Waals surface area contributed by atoms with Crippen molar-refractivity contribution in [3.05, 3.63) is 47.8 Å². The third kappa shape index (κ3) is 4.39. The fraction of sp³-hybridized carbons (Fsp3) is 0.385. The van der Waals surface area contributed by atoms with E-state index in [1.54, 1.807) is 18.0 Å². The van der Waals surface area contributed by atoms with Crippen LogP contribution in [0.25, 0.3) is 0 Å². The first-order valence-corrected chi connectivity index (χ1v) is 6.62. The van der Waals surface area contributed by atoms with Crippen molar-refractivity contribution in [1.82, 2.24) is 0 Å². The van der Waals surface area contributed by atoms with Crippen molar-refractivity contribution in [2.24, 2.45) is 0 Å². The Balaban J connectivity index is 2.38. The van der Waals surface area contributed by atoms with E-state index < -0.39 is 0 Å². The van der Waals surface area contributed by atoms with E-state index in [0.29, 0.717) is 13.1 Å². The first-order valence-electron chi connectivity index (χ1n) is 5.63. The molecule has 0 aliphatic carbocycles. The molecule has 0 atom stereocenters. The number of hydrogen-bond acceptors (Lipinski definition) is 2. The van der Waals surface area contributed by atoms with E-state index in [9.17, 15) is 5.21 Å². The summed E-state index contributed by atoms with van der Waals surface area (Å²) in [5.41, 5.74) is 0. The van der Waals surface area contributed by atoms with Gasteiger partial charge in [-0.1, -0.05) is 18.2 Å². The van der Waals surface area contributed by atoms with Crippen molar-refractivity contribution >= 4 is 11.8 Å². The average molecular weight is 237 g/mol. The average Bonchev–Trinajstić information content (AvgIpc) is 2.36. The van der Waals surface area contributed by atoms with Crippen LogP contribution in [-0.4, -0.2) is 23.5 Å². The van der Waals surface area contributed by atoms with Crippen molar-refractivity contribution in [3.63, 3.8) is 0 Å². The van der Waals surface area contributed by atoms with E-state index in [1.165, 1.54) is 4.90 Å². The summed E-state index contributed by atoms with van der Waals surface area (Å²) in [6, 6.07) is 10.2. The van der Waals surface area contributed by atoms with Crippen LogP contribution in [0.5, 0.6) is 0 Å². The highest BCUT2D eigenvalue weighted by Gasteiger charge is 2.05. The molecule has 0 spiro atoms. The van der Waals surface area contributed by atoms with Crippen LogP contribution < -0.4 is 0 Å². The molecule has 0 aromatic heterocycles. The molecule has 0 aliphatic rings. The summed E-state index contributed by atoms with van der Waals surface area (Å²) in [6.07, 6.45) is 3.73. The lowest BCUT2D eigenvalue weighted by atomic mass is 10.4. The van der Waals surface area contributed by atoms with Crippen molar-refractivity contribution in [1.29, 1.82) is 0 Å². The monoisotopic (exact) mass is 237 g/mol. The van der Waals surface area contributed by atoms with E-state index in [2.05, 4.69) is 12.1 Å². The summed E-state index contributed by atoms with van der Waals surface area (Å²) in [6.45, 7) is 5.04. The minimum atomic E-state index is -0.227. The molecule has 0 amide bonds. The number of thioether (sulfide) groups is 1. The molecule has 88 valence electrons. The largest absolute Gasteiger partial charge is 0.628 e. The first kappa shape index (κ1) is 13.3. The summed E-state index contributed by atoms with van der Waals surface area (Å²) in [5, 5.41) is 11.9. The normalized spacial score (nSPS) is 12.2. The second kappa shape index (κ2) is 6.74. The molecule has 0 bridgehead atoms. The molecule has 0 heterocycles. The molecule has 0 fully saturated rings. The Labute approximate surface area is 102 Å². The second-order valence-electron chi connectivity index (χ2n) is 3.59. The van der Waals surface area contributed by atoms with Gasteiger partial charge in [-0.05, 0) is 32.1 Å². The lowest BCUT2D eigenvalue weighted by molar-refractivity contribution is -0.825. The third-order valence-electron chi connectivity index (χ3n) is 2.54. The third-order valence-corrected chi connectivity index (χ3v) is 3.50. The smallest absolute Gasteiger partial charge is 0.0926 e. The predicted octanol–water partition coefficient (Wildman–Crippen LogP) is 3.65. The standard InChI is InChI=1S/C13H19NOS/c1-3-14(15,4-2)11-8-12-16-13-9-6-5-7-10-13/h5-11H,3-4,12H2,1-2H3/b11-8+. The molecule has 0 N–H and O–H groups in total. The highest BCUT2D eigenvalue weighted by Crippen LogP contribution is 2.17. The number of quaternary nitrogens is 1. The van der Waals surface area contributed by atoms with E-state index in [0.717, 1.165) is 5.75 Å². The van der Waals surface area contributed by atoms with Crippen LogP contribution in [-0.2, 0) is 0 Å². The maximum Gasteiger partial charge on any atom is 0.0926 e. The molecule has 0 unspecified atom stereocenters. The van der Waals surface area contributed by atoms with Crippen molar-refractivity contribution in [2.75, 3.05) is 18.8 Å². The van der Waals surface area contributed by atoms with E-state index in [4.69, 9.17) is 0 Å². The molecular formula is C13H19NOS. The quantitative estimate of drug-likeness (QED) is 0.428. The maximum absolute atomic E-state index is 11.9. The Morgan fingerprint density at radius 2 is 1.81 bits per heavy atom. The number of nitrogens with zero attached hydrogens (tertiary/aromatic N) is 1. The summed E-state index contributed by atoms with van der Waals surface area (Å²) >= 11 is 1.75. The highest BCUT2D eigenvalue weighted by atomic mass is 32.2. The van der Waals surface area contributed by atoms with E-state index >= 15 is 0 Å². The van der Waals surface area contributed by atoms with Gasteiger partial charge >= 0.3 is 0 Å². The number of benzene rings is 1. The molecule has 16 heavy (non-hydrogen) atoms. The molecule has 0 saturated heterocycles. The zero-order valence-electron chi connectivity index (χ0n) is 9.93. The molecular weight excluding hydrogens is 218 g/mol. The lowest BCUT2D eigenvalue weighted by Crippen LogP contribution is -2.35. The molecule has 1 rings (SSSR count). The summed E-state index contributed by atoms with van der Waals surface area (Å²) < 4.78 is -0.227. The molecule has 2 nitrogen and oxygen atoms in total. The Hall–Kier alpha value is -0.770. The van der Waals surface area contributed by atoms with Crippen molar-refractivity contribution < 1.29 is 4.65 Å². The van der Waals surface area contributed by atoms with Gasteiger partial charge in [0.1, 0.15) is 0 Å². The fourth-order valence-corrected chi connectivity index (χ4v) is 2.05. The van der Waals surface area contributed by atoms with Crippen LogP contribution in [0.4, 0.5) is 0 Å². The number of hydroxylamine groups is 3. The van der Waals surface area contributed by atoms with Crippen molar-refractivity contribution in [2.45, 2.75) is 18.7 Å². The Morgan fingerprint density at radius 1 is 1.19 bits per heavy atom. The maximum atomic E-state index is 11.9. The van der Waals surface area contributed by atoms with Crippen LogP contribution in [0.15, 0.2) is 47.5 Å². The fourth-order valence-electron chi connectivity index (χ4n) is 1.33. The minimum Gasteiger partial charge on any atom is -0.628 e. The van der Waals surface area contributed by atoms with Gasteiger partial charge in [0.05, 0.1) is 19.3 Å². The molecule has 1 aromatic carbocycles. The lowest BCUT2D eigenvalue weighted by Gasteiger charge is -2.36. The van der Waals surface area contributed by atoms with Crippen LogP contribution >= 0.6 is 11.8 Å². The van der Waals surface area contributed by atoms with Gasteiger partial charge in [0.25, 0.3) is 0 Å². The van der Waals surface area contributed by atoms with Crippen LogP contribution in [0, 0.1) is 5.21 Å². The highest BCUT2D eigenvalue weighted by molar-refractivity contribution is 7.99. The molecule has 3 heteroatoms. The minimum absolute atomic E-state index is 0.227. The van der Waals surface area contributed by atoms with Gasteiger partial charge in [-0.2, -0.15) is 0 Å². The number of hydrogen-bond donors (Lipinski definition) is 0. The molecule has 1 aromatic rings. The van der Waals surface area contributed by atoms with Gasteiger partial charge in [-0.15, -0.1) is 11.8 Å². The Bertz CT molecular complexity index is 320. The van der Waals surface area contributed by atoms with Gasteiger partial charge in [0.15, 0.2) is 0 Å². The topological polar surface area (TPSA) is 23.1 Å². The molecule has 0 aliphatic heterocycles. The first-order chi connectivity index (χ1) is 7.70. The summed E-state index contributed by atoms with van der Waals surface area (Å²) in [5.74, 6) is 0.853. The van der Waals surface area contributed by atoms with Gasteiger partial charge in [-0.25, -0.2) is 0 Å². The Morgan fingerprint density at radius 3 is 2.38 bits per heavy atom. The van der Waals surface area contributed by atoms with Gasteiger partial charge < -0.3 is 9.85 Å². The van der Waals surface area contributed by atoms with Gasteiger partial charge in [0.2, 0.25) is 0 Å². The molecule has 0 saturated carbocycles. The Kier molecular flexibility index (Phi) is 5.60. The second-order valence-corrected chi connectivity index (χ2v) is 4.69. The molecule has 0 radical (unpaired) electrons. The summed E-state index contributed by atoms with van der Waals surface area (Å²) in [7, 11) is 0. The SMILES string of the molecule is CC[N+]([O-])(/C=C/CSc1ccccc1)CC. The van der Waals surface area contributed by atoms with Crippen LogP contribution in [0.1, 0.15) is 13.8 Å². The van der Waals surface area contributed by atoms with Crippen LogP contribution in [0.3, 0.4) is 0 Å². The summed E-state index contributed by atoms with van der Waals surface area (Å²) in [4.78, 5) is 1.24. The van der Waals surface area contributed by atoms with Gasteiger partial charge in [0, 0.05) is 10.6 Å². The van der Waals surface area contributed by atoms with Crippen LogP contribution in [0.2, 0.25) is 0 Å². The van der Waals surface area contributed by atoms with E-state index in [1.807, 2.05) is 38.1 Å². The predicted molar refractivity (Wildman–Crippen MR) is 71.0 cm³/mol. The van der Waals surface area contributed by atoms with Crippen molar-refractivity contribution in [3.8, 4) is 0 Å². The zero-order valence-corrected chi connectivity index (χ0v) is 10.7. The number of rotatable bonds is 6. The zero-order chi connectivity index (χ0) is 11.9. The van der Waals surface area contributed by atoms with Gasteiger partial charge in [-0.3, -0.25) is 0 Å². The van der Waals surface area contributed by atoms with E-state index in [-0.39, 0.29) is 4.65 Å².